The van der Waals surface area contributed by atoms with E-state index in [4.69, 9.17) is 4.42 Å². The van der Waals surface area contributed by atoms with Crippen molar-refractivity contribution in [2.24, 2.45) is 0 Å². The van der Waals surface area contributed by atoms with Crippen molar-refractivity contribution in [2.75, 3.05) is 11.9 Å². The number of furan rings is 1. The van der Waals surface area contributed by atoms with Crippen molar-refractivity contribution in [2.45, 2.75) is 13.3 Å². The highest BCUT2D eigenvalue weighted by molar-refractivity contribution is 5.98. The van der Waals surface area contributed by atoms with E-state index in [1.54, 1.807) is 12.1 Å². The van der Waals surface area contributed by atoms with Crippen LogP contribution in [0.5, 0.6) is 0 Å². The Morgan fingerprint density at radius 3 is 2.61 bits per heavy atom. The van der Waals surface area contributed by atoms with E-state index in [1.807, 2.05) is 19.1 Å². The van der Waals surface area contributed by atoms with E-state index in [0.29, 0.717) is 5.69 Å². The van der Waals surface area contributed by atoms with E-state index >= 15 is 0 Å². The van der Waals surface area contributed by atoms with Crippen LogP contribution in [0.15, 0.2) is 40.8 Å². The van der Waals surface area contributed by atoms with Crippen LogP contribution in [-0.4, -0.2) is 23.3 Å². The summed E-state index contributed by atoms with van der Waals surface area (Å²) in [5.41, 5.74) is 1.66. The Kier molecular flexibility index (Phi) is 5.08. The number of para-hydroxylation sites is 1. The number of benzene rings is 1. The third-order valence-corrected chi connectivity index (χ3v) is 3.08. The SMILES string of the molecule is CCc1ccccc1NC(=O)CNC(=O)c1ccc([N+](=O)[O-])o1. The highest BCUT2D eigenvalue weighted by Gasteiger charge is 2.17. The molecule has 0 aliphatic heterocycles. The minimum atomic E-state index is -0.745. The number of amides is 2. The number of nitrogens with zero attached hydrogens (tertiary/aromatic N) is 1. The van der Waals surface area contributed by atoms with Gasteiger partial charge < -0.3 is 15.1 Å². The number of carbonyl (C=O) groups is 2. The van der Waals surface area contributed by atoms with Crippen LogP contribution in [0.2, 0.25) is 0 Å². The molecule has 8 heteroatoms. The Balaban J connectivity index is 1.90. The predicted octanol–water partition coefficient (Wildman–Crippen LogP) is 2.12. The van der Waals surface area contributed by atoms with Gasteiger partial charge in [0.1, 0.15) is 4.92 Å². The van der Waals surface area contributed by atoms with Crippen molar-refractivity contribution in [3.05, 3.63) is 57.8 Å². The van der Waals surface area contributed by atoms with Gasteiger partial charge in [0.05, 0.1) is 12.6 Å². The number of aryl methyl sites for hydroxylation is 1. The van der Waals surface area contributed by atoms with E-state index in [9.17, 15) is 19.7 Å². The van der Waals surface area contributed by atoms with Crippen LogP contribution < -0.4 is 10.6 Å². The molecule has 1 heterocycles. The normalized spacial score (nSPS) is 10.1. The summed E-state index contributed by atoms with van der Waals surface area (Å²) in [5.74, 6) is -1.85. The summed E-state index contributed by atoms with van der Waals surface area (Å²) in [4.78, 5) is 33.4. The molecule has 0 aliphatic carbocycles. The van der Waals surface area contributed by atoms with Crippen LogP contribution in [0.25, 0.3) is 0 Å². The highest BCUT2D eigenvalue weighted by atomic mass is 16.6. The van der Waals surface area contributed by atoms with Gasteiger partial charge in [-0.15, -0.1) is 0 Å². The van der Waals surface area contributed by atoms with Crippen molar-refractivity contribution < 1.29 is 18.9 Å². The van der Waals surface area contributed by atoms with Gasteiger partial charge in [-0.2, -0.15) is 0 Å². The van der Waals surface area contributed by atoms with Crippen LogP contribution in [-0.2, 0) is 11.2 Å². The van der Waals surface area contributed by atoms with Crippen molar-refractivity contribution in [1.29, 1.82) is 0 Å². The van der Waals surface area contributed by atoms with Crippen LogP contribution in [0.3, 0.4) is 0 Å². The Morgan fingerprint density at radius 2 is 1.96 bits per heavy atom. The maximum atomic E-state index is 11.9. The van der Waals surface area contributed by atoms with Gasteiger partial charge >= 0.3 is 5.88 Å². The molecule has 0 saturated carbocycles. The fourth-order valence-electron chi connectivity index (χ4n) is 1.94. The lowest BCUT2D eigenvalue weighted by Gasteiger charge is -2.09. The largest absolute Gasteiger partial charge is 0.433 e. The summed E-state index contributed by atoms with van der Waals surface area (Å²) < 4.78 is 4.75. The van der Waals surface area contributed by atoms with Crippen molar-refractivity contribution in [3.63, 3.8) is 0 Å². The van der Waals surface area contributed by atoms with Gasteiger partial charge in [-0.3, -0.25) is 19.7 Å². The first kappa shape index (κ1) is 16.2. The predicted molar refractivity (Wildman–Crippen MR) is 82.1 cm³/mol. The summed E-state index contributed by atoms with van der Waals surface area (Å²) >= 11 is 0. The number of carbonyl (C=O) groups excluding carboxylic acids is 2. The molecule has 0 fully saturated rings. The third kappa shape index (κ3) is 4.16. The number of rotatable bonds is 6. The molecule has 0 atom stereocenters. The van der Waals surface area contributed by atoms with Gasteiger partial charge in [0.25, 0.3) is 5.91 Å². The van der Waals surface area contributed by atoms with Gasteiger partial charge in [0.2, 0.25) is 5.91 Å². The van der Waals surface area contributed by atoms with Gasteiger partial charge in [0.15, 0.2) is 5.76 Å². The molecule has 1 aromatic carbocycles. The Morgan fingerprint density at radius 1 is 1.22 bits per heavy atom. The molecule has 8 nitrogen and oxygen atoms in total. The van der Waals surface area contributed by atoms with Crippen LogP contribution in [0.4, 0.5) is 11.6 Å². The maximum Gasteiger partial charge on any atom is 0.433 e. The first-order valence-corrected chi connectivity index (χ1v) is 6.91. The summed E-state index contributed by atoms with van der Waals surface area (Å²) in [6, 6.07) is 9.60. The molecule has 23 heavy (non-hydrogen) atoms. The lowest BCUT2D eigenvalue weighted by molar-refractivity contribution is -0.402. The third-order valence-electron chi connectivity index (χ3n) is 3.08. The fourth-order valence-corrected chi connectivity index (χ4v) is 1.94. The Bertz CT molecular complexity index is 738. The zero-order chi connectivity index (χ0) is 16.8. The van der Waals surface area contributed by atoms with Crippen molar-refractivity contribution in [1.82, 2.24) is 5.32 Å². The lowest BCUT2D eigenvalue weighted by Crippen LogP contribution is -2.32. The summed E-state index contributed by atoms with van der Waals surface area (Å²) in [7, 11) is 0. The van der Waals surface area contributed by atoms with Gasteiger partial charge in [-0.1, -0.05) is 25.1 Å². The summed E-state index contributed by atoms with van der Waals surface area (Å²) in [6.45, 7) is 1.70. The monoisotopic (exact) mass is 317 g/mol. The number of anilines is 1. The molecule has 2 N–H and O–H groups in total. The standard InChI is InChI=1S/C15H15N3O5/c1-2-10-5-3-4-6-11(10)17-13(19)9-16-15(20)12-7-8-14(23-12)18(21)22/h3-8H,2,9H2,1H3,(H,16,20)(H,17,19). The molecule has 0 aliphatic rings. The molecular formula is C15H15N3O5. The van der Waals surface area contributed by atoms with Crippen LogP contribution in [0.1, 0.15) is 23.0 Å². The second-order valence-electron chi connectivity index (χ2n) is 4.64. The molecule has 0 radical (unpaired) electrons. The highest BCUT2D eigenvalue weighted by Crippen LogP contribution is 2.16. The van der Waals surface area contributed by atoms with Gasteiger partial charge in [-0.25, -0.2) is 0 Å². The average Bonchev–Trinajstić information content (AvgIpc) is 3.03. The molecule has 120 valence electrons. The molecule has 0 saturated heterocycles. The van der Waals surface area contributed by atoms with Crippen molar-refractivity contribution in [3.8, 4) is 0 Å². The quantitative estimate of drug-likeness (QED) is 0.625. The number of hydrogen-bond acceptors (Lipinski definition) is 5. The smallest absolute Gasteiger partial charge is 0.395 e. The van der Waals surface area contributed by atoms with Crippen LogP contribution >= 0.6 is 0 Å². The van der Waals surface area contributed by atoms with E-state index in [-0.39, 0.29) is 12.3 Å². The Hall–Kier alpha value is -3.16. The first-order chi connectivity index (χ1) is 11.0. The lowest BCUT2D eigenvalue weighted by atomic mass is 10.1. The fraction of sp³-hybridized carbons (Fsp3) is 0.200. The topological polar surface area (TPSA) is 114 Å². The van der Waals surface area contributed by atoms with E-state index in [1.165, 1.54) is 6.07 Å². The number of nitrogens with one attached hydrogen (secondary N) is 2. The average molecular weight is 317 g/mol. The van der Waals surface area contributed by atoms with Gasteiger partial charge in [-0.05, 0) is 24.1 Å². The second kappa shape index (κ2) is 7.21. The molecule has 0 unspecified atom stereocenters. The molecular weight excluding hydrogens is 302 g/mol. The minimum Gasteiger partial charge on any atom is -0.395 e. The number of nitro groups is 1. The molecule has 0 spiro atoms. The first-order valence-electron chi connectivity index (χ1n) is 6.91. The minimum absolute atomic E-state index is 0.224. The summed E-state index contributed by atoms with van der Waals surface area (Å²) in [5, 5.41) is 15.5. The molecule has 2 amide bonds. The number of hydrogen-bond donors (Lipinski definition) is 2. The molecule has 2 aromatic rings. The van der Waals surface area contributed by atoms with Crippen molar-refractivity contribution >= 4 is 23.4 Å². The van der Waals surface area contributed by atoms with Gasteiger partial charge in [0, 0.05) is 5.69 Å². The molecule has 2 rings (SSSR count). The zero-order valence-corrected chi connectivity index (χ0v) is 12.4. The van der Waals surface area contributed by atoms with Crippen LogP contribution in [0, 0.1) is 10.1 Å². The van der Waals surface area contributed by atoms with E-state index < -0.39 is 22.6 Å². The second-order valence-corrected chi connectivity index (χ2v) is 4.64. The van der Waals surface area contributed by atoms with E-state index in [0.717, 1.165) is 18.1 Å². The van der Waals surface area contributed by atoms with E-state index in [2.05, 4.69) is 10.6 Å². The zero-order valence-electron chi connectivity index (χ0n) is 12.4. The Labute approximate surface area is 131 Å². The molecule has 0 bridgehead atoms. The maximum absolute atomic E-state index is 11.9. The summed E-state index contributed by atoms with van der Waals surface area (Å²) in [6.07, 6.45) is 0.763. The molecule has 1 aromatic heterocycles.